The lowest BCUT2D eigenvalue weighted by Gasteiger charge is -2.13. The Labute approximate surface area is 210 Å². The molecule has 0 aliphatic carbocycles. The molecule has 0 amide bonds. The average Bonchev–Trinajstić information content (AvgIpc) is 3.18. The Morgan fingerprint density at radius 2 is 1.83 bits per heavy atom. The number of aryl methyl sites for hydroxylation is 1. The smallest absolute Gasteiger partial charge is 0.363 e. The molecule has 4 rings (SSSR count). The number of benzene rings is 3. The van der Waals surface area contributed by atoms with E-state index in [1.165, 1.54) is 25.3 Å². The number of hydrogen-bond donors (Lipinski definition) is 0. The molecule has 0 N–H and O–H groups in total. The summed E-state index contributed by atoms with van der Waals surface area (Å²) in [6.07, 6.45) is 1.48. The third kappa shape index (κ3) is 5.45. The molecule has 35 heavy (non-hydrogen) atoms. The Hall–Kier alpha value is -3.88. The largest absolute Gasteiger partial charge is 0.493 e. The lowest BCUT2D eigenvalue weighted by molar-refractivity contribution is -0.384. The average molecular weight is 513 g/mol. The number of aliphatic imine (C=N–C) groups is 1. The van der Waals surface area contributed by atoms with Crippen molar-refractivity contribution < 1.29 is 23.9 Å². The van der Waals surface area contributed by atoms with Gasteiger partial charge in [0.15, 0.2) is 17.2 Å². The van der Waals surface area contributed by atoms with Gasteiger partial charge >= 0.3 is 5.97 Å². The summed E-state index contributed by atoms with van der Waals surface area (Å²) in [7, 11) is 1.48. The fourth-order valence-electron chi connectivity index (χ4n) is 3.28. The first-order valence-corrected chi connectivity index (χ1v) is 11.0. The number of esters is 1. The van der Waals surface area contributed by atoms with Crippen LogP contribution in [0.5, 0.6) is 11.5 Å². The van der Waals surface area contributed by atoms with Gasteiger partial charge < -0.3 is 14.2 Å². The second kappa shape index (κ2) is 10.2. The van der Waals surface area contributed by atoms with Gasteiger partial charge in [-0.05, 0) is 42.3 Å². The highest BCUT2D eigenvalue weighted by atomic mass is 35.5. The van der Waals surface area contributed by atoms with E-state index < -0.39 is 10.9 Å². The lowest BCUT2D eigenvalue weighted by Crippen LogP contribution is -2.06. The van der Waals surface area contributed by atoms with Crippen molar-refractivity contribution in [3.8, 4) is 11.5 Å². The van der Waals surface area contributed by atoms with Gasteiger partial charge in [0, 0.05) is 12.1 Å². The number of halogens is 2. The molecule has 0 bridgehead atoms. The number of hydrogen-bond acceptors (Lipinski definition) is 7. The van der Waals surface area contributed by atoms with Crippen molar-refractivity contribution in [1.29, 1.82) is 0 Å². The maximum Gasteiger partial charge on any atom is 0.363 e. The number of non-ortho nitro benzene ring substituents is 1. The second-order valence-electron chi connectivity index (χ2n) is 7.57. The minimum Gasteiger partial charge on any atom is -0.493 e. The standard InChI is InChI=1S/C25H18Cl2N2O6/c1-14-3-5-15(6-4-14)13-34-23-20(27)9-16(11-22(23)33-2)10-21-25(30)35-24(28-21)18-8-7-17(29(31)32)12-19(18)26/h3-12H,13H2,1-2H3/b21-10-. The van der Waals surface area contributed by atoms with Gasteiger partial charge in [-0.25, -0.2) is 9.79 Å². The van der Waals surface area contributed by atoms with Crippen LogP contribution < -0.4 is 9.47 Å². The molecule has 8 nitrogen and oxygen atoms in total. The van der Waals surface area contributed by atoms with Gasteiger partial charge in [-0.3, -0.25) is 10.1 Å². The Morgan fingerprint density at radius 3 is 2.49 bits per heavy atom. The zero-order chi connectivity index (χ0) is 25.1. The van der Waals surface area contributed by atoms with Crippen LogP contribution in [0.15, 0.2) is 65.3 Å². The van der Waals surface area contributed by atoms with E-state index >= 15 is 0 Å². The number of nitrogens with zero attached hydrogens (tertiary/aromatic N) is 2. The molecule has 0 atom stereocenters. The summed E-state index contributed by atoms with van der Waals surface area (Å²) in [5.41, 5.74) is 2.71. The third-order valence-corrected chi connectivity index (χ3v) is 5.67. The van der Waals surface area contributed by atoms with E-state index in [2.05, 4.69) is 4.99 Å². The van der Waals surface area contributed by atoms with Crippen molar-refractivity contribution in [3.05, 3.63) is 103 Å². The van der Waals surface area contributed by atoms with Gasteiger partial charge in [0.1, 0.15) is 6.61 Å². The Balaban J connectivity index is 1.59. The molecule has 0 saturated heterocycles. The van der Waals surface area contributed by atoms with Gasteiger partial charge in [-0.2, -0.15) is 0 Å². The Kier molecular flexibility index (Phi) is 7.04. The molecule has 10 heteroatoms. The Morgan fingerprint density at radius 1 is 1.09 bits per heavy atom. The number of methoxy groups -OCH3 is 1. The van der Waals surface area contributed by atoms with Crippen LogP contribution in [0, 0.1) is 17.0 Å². The van der Waals surface area contributed by atoms with Crippen LogP contribution in [0.2, 0.25) is 10.0 Å². The number of nitro benzene ring substituents is 1. The van der Waals surface area contributed by atoms with Crippen molar-refractivity contribution in [2.45, 2.75) is 13.5 Å². The molecule has 0 radical (unpaired) electrons. The minimum atomic E-state index is -0.704. The van der Waals surface area contributed by atoms with Gasteiger partial charge in [0.2, 0.25) is 5.90 Å². The van der Waals surface area contributed by atoms with Crippen LogP contribution in [-0.4, -0.2) is 23.9 Å². The molecule has 0 spiro atoms. The van der Waals surface area contributed by atoms with Crippen molar-refractivity contribution >= 4 is 46.8 Å². The van der Waals surface area contributed by atoms with E-state index in [-0.39, 0.29) is 32.9 Å². The maximum absolute atomic E-state index is 12.4. The van der Waals surface area contributed by atoms with E-state index in [9.17, 15) is 14.9 Å². The number of carbonyl (C=O) groups excluding carboxylic acids is 1. The van der Waals surface area contributed by atoms with Crippen LogP contribution >= 0.6 is 23.2 Å². The molecule has 0 aromatic heterocycles. The van der Waals surface area contributed by atoms with Gasteiger partial charge in [-0.1, -0.05) is 53.0 Å². The molecule has 3 aromatic rings. The SMILES string of the molecule is COc1cc(/C=C2\N=C(c3ccc([N+](=O)[O-])cc3Cl)OC2=O)cc(Cl)c1OCc1ccc(C)cc1. The van der Waals surface area contributed by atoms with Crippen LogP contribution in [-0.2, 0) is 16.1 Å². The predicted octanol–water partition coefficient (Wildman–Crippen LogP) is 6.14. The zero-order valence-electron chi connectivity index (χ0n) is 18.6. The zero-order valence-corrected chi connectivity index (χ0v) is 20.1. The summed E-state index contributed by atoms with van der Waals surface area (Å²) in [6.45, 7) is 2.30. The van der Waals surface area contributed by atoms with E-state index in [1.807, 2.05) is 31.2 Å². The van der Waals surface area contributed by atoms with Crippen LogP contribution in [0.1, 0.15) is 22.3 Å². The number of carbonyl (C=O) groups is 1. The summed E-state index contributed by atoms with van der Waals surface area (Å²) in [5.74, 6) is -0.0142. The summed E-state index contributed by atoms with van der Waals surface area (Å²) in [5, 5.41) is 11.2. The van der Waals surface area contributed by atoms with Gasteiger partial charge in [0.25, 0.3) is 5.69 Å². The normalized spacial score (nSPS) is 14.0. The van der Waals surface area contributed by atoms with Crippen LogP contribution in [0.25, 0.3) is 6.08 Å². The highest BCUT2D eigenvalue weighted by Gasteiger charge is 2.27. The molecule has 0 fully saturated rings. The van der Waals surface area contributed by atoms with E-state index in [0.29, 0.717) is 23.7 Å². The summed E-state index contributed by atoms with van der Waals surface area (Å²) in [6, 6.07) is 15.0. The number of ether oxygens (including phenoxy) is 3. The Bertz CT molecular complexity index is 1380. The lowest BCUT2D eigenvalue weighted by atomic mass is 10.1. The van der Waals surface area contributed by atoms with Crippen molar-refractivity contribution in [3.63, 3.8) is 0 Å². The van der Waals surface area contributed by atoms with Crippen LogP contribution in [0.3, 0.4) is 0 Å². The first-order valence-electron chi connectivity index (χ1n) is 10.3. The van der Waals surface area contributed by atoms with E-state index in [0.717, 1.165) is 17.2 Å². The third-order valence-electron chi connectivity index (χ3n) is 5.07. The second-order valence-corrected chi connectivity index (χ2v) is 8.38. The minimum absolute atomic E-state index is 0.000799. The molecular weight excluding hydrogens is 495 g/mol. The van der Waals surface area contributed by atoms with E-state index in [4.69, 9.17) is 37.4 Å². The fraction of sp³-hybridized carbons (Fsp3) is 0.120. The number of cyclic esters (lactones) is 1. The quantitative estimate of drug-likeness (QED) is 0.163. The molecular formula is C25H18Cl2N2O6. The molecule has 1 aliphatic rings. The van der Waals surface area contributed by atoms with Crippen molar-refractivity contribution in [2.75, 3.05) is 7.11 Å². The van der Waals surface area contributed by atoms with Crippen LogP contribution in [0.4, 0.5) is 5.69 Å². The first kappa shape index (κ1) is 24.3. The van der Waals surface area contributed by atoms with Gasteiger partial charge in [-0.15, -0.1) is 0 Å². The summed E-state index contributed by atoms with van der Waals surface area (Å²) >= 11 is 12.6. The molecule has 1 aliphatic heterocycles. The molecule has 3 aromatic carbocycles. The van der Waals surface area contributed by atoms with Gasteiger partial charge in [0.05, 0.1) is 27.6 Å². The summed E-state index contributed by atoms with van der Waals surface area (Å²) in [4.78, 5) is 26.9. The highest BCUT2D eigenvalue weighted by molar-refractivity contribution is 6.35. The van der Waals surface area contributed by atoms with E-state index in [1.54, 1.807) is 12.1 Å². The highest BCUT2D eigenvalue weighted by Crippen LogP contribution is 2.38. The number of nitro groups is 1. The topological polar surface area (TPSA) is 100 Å². The maximum atomic E-state index is 12.4. The number of rotatable bonds is 7. The fourth-order valence-corrected chi connectivity index (χ4v) is 3.81. The summed E-state index contributed by atoms with van der Waals surface area (Å²) < 4.78 is 16.5. The molecule has 178 valence electrons. The first-order chi connectivity index (χ1) is 16.7. The van der Waals surface area contributed by atoms with Crippen molar-refractivity contribution in [2.24, 2.45) is 4.99 Å². The molecule has 1 heterocycles. The monoisotopic (exact) mass is 512 g/mol. The van der Waals surface area contributed by atoms with Crippen molar-refractivity contribution in [1.82, 2.24) is 0 Å². The predicted molar refractivity (Wildman–Crippen MR) is 132 cm³/mol. The molecule has 0 saturated carbocycles. The molecule has 0 unspecified atom stereocenters.